The van der Waals surface area contributed by atoms with Crippen molar-refractivity contribution in [3.05, 3.63) is 35.5 Å². The van der Waals surface area contributed by atoms with E-state index in [1.807, 2.05) is 36.2 Å². The number of aromatic nitrogens is 2. The normalized spacial score (nSPS) is 13.1. The maximum Gasteiger partial charge on any atom is 0.341 e. The molecule has 1 N–H and O–H groups in total. The van der Waals surface area contributed by atoms with Crippen LogP contribution in [0.3, 0.4) is 0 Å². The predicted octanol–water partition coefficient (Wildman–Crippen LogP) is 2.36. The van der Waals surface area contributed by atoms with E-state index in [0.29, 0.717) is 5.23 Å². The Morgan fingerprint density at radius 3 is 2.48 bits per heavy atom. The molecule has 0 saturated carbocycles. The molecular formula is C16H20N4O3. The van der Waals surface area contributed by atoms with Crippen molar-refractivity contribution in [1.82, 2.24) is 15.2 Å². The van der Waals surface area contributed by atoms with Gasteiger partial charge in [0.25, 0.3) is 0 Å². The molecule has 1 aliphatic carbocycles. The van der Waals surface area contributed by atoms with E-state index in [0.717, 1.165) is 47.8 Å². The van der Waals surface area contributed by atoms with Gasteiger partial charge in [0.1, 0.15) is 11.6 Å². The number of rotatable bonds is 5. The number of hydrogen-bond acceptors (Lipinski definition) is 7. The fourth-order valence-electron chi connectivity index (χ4n) is 2.76. The first-order valence-corrected chi connectivity index (χ1v) is 7.46. The monoisotopic (exact) mass is 316 g/mol. The second-order valence-corrected chi connectivity index (χ2v) is 5.42. The number of anilines is 2. The van der Waals surface area contributed by atoms with E-state index in [9.17, 15) is 5.21 Å². The minimum absolute atomic E-state index is 0.144. The molecule has 0 atom stereocenters. The lowest BCUT2D eigenvalue weighted by Crippen LogP contribution is -2.21. The molecule has 0 unspecified atom stereocenters. The van der Waals surface area contributed by atoms with Crippen LogP contribution in [0.1, 0.15) is 17.7 Å². The summed E-state index contributed by atoms with van der Waals surface area (Å²) in [7, 11) is 4.98. The van der Waals surface area contributed by atoms with E-state index in [1.54, 1.807) is 7.11 Å². The van der Waals surface area contributed by atoms with Crippen LogP contribution in [-0.4, -0.2) is 41.6 Å². The van der Waals surface area contributed by atoms with Gasteiger partial charge in [0, 0.05) is 18.3 Å². The molecule has 2 aromatic rings. The van der Waals surface area contributed by atoms with Gasteiger partial charge in [0.2, 0.25) is 0 Å². The lowest BCUT2D eigenvalue weighted by Gasteiger charge is -2.22. The number of ether oxygens (including phenoxy) is 1. The molecule has 7 heteroatoms. The van der Waals surface area contributed by atoms with Crippen molar-refractivity contribution in [3.8, 4) is 11.8 Å². The van der Waals surface area contributed by atoms with Crippen LogP contribution < -0.4 is 14.5 Å². The summed E-state index contributed by atoms with van der Waals surface area (Å²) in [5.41, 5.74) is 3.10. The molecule has 1 aliphatic rings. The number of benzene rings is 1. The summed E-state index contributed by atoms with van der Waals surface area (Å²) in [5.74, 6) is 1.61. The van der Waals surface area contributed by atoms with Crippen LogP contribution >= 0.6 is 0 Å². The van der Waals surface area contributed by atoms with E-state index in [1.165, 1.54) is 7.05 Å². The Morgan fingerprint density at radius 2 is 1.83 bits per heavy atom. The van der Waals surface area contributed by atoms with Crippen LogP contribution in [0.15, 0.2) is 24.3 Å². The van der Waals surface area contributed by atoms with Gasteiger partial charge in [-0.3, -0.25) is 5.21 Å². The van der Waals surface area contributed by atoms with E-state index in [4.69, 9.17) is 9.57 Å². The van der Waals surface area contributed by atoms with Gasteiger partial charge in [0.05, 0.1) is 19.9 Å². The van der Waals surface area contributed by atoms with Crippen molar-refractivity contribution in [2.24, 2.45) is 0 Å². The summed E-state index contributed by atoms with van der Waals surface area (Å²) in [6.07, 6.45) is 2.89. The zero-order valence-corrected chi connectivity index (χ0v) is 13.5. The third-order valence-electron chi connectivity index (χ3n) is 3.88. The maximum absolute atomic E-state index is 9.26. The van der Waals surface area contributed by atoms with Crippen LogP contribution in [0, 0.1) is 0 Å². The highest BCUT2D eigenvalue weighted by Gasteiger charge is 2.23. The van der Waals surface area contributed by atoms with Crippen LogP contribution in [0.5, 0.6) is 11.8 Å². The summed E-state index contributed by atoms with van der Waals surface area (Å²) in [6, 6.07) is 7.91. The highest BCUT2D eigenvalue weighted by molar-refractivity contribution is 5.64. The zero-order chi connectivity index (χ0) is 16.4. The highest BCUT2D eigenvalue weighted by atomic mass is 16.9. The smallest absolute Gasteiger partial charge is 0.341 e. The van der Waals surface area contributed by atoms with E-state index in [2.05, 4.69) is 9.97 Å². The lowest BCUT2D eigenvalue weighted by molar-refractivity contribution is -0.266. The first kappa shape index (κ1) is 15.5. The standard InChI is InChI=1S/C16H20N4O3/c1-19(11-7-9-12(22-3)10-8-11)15-13-5-4-6-14(13)17-16(18-15)23-20(2)21/h7-10,21H,4-6H2,1-3H3. The molecule has 0 amide bonds. The molecule has 0 spiro atoms. The summed E-state index contributed by atoms with van der Waals surface area (Å²) in [5, 5.41) is 9.87. The molecule has 0 bridgehead atoms. The Hall–Kier alpha value is -2.38. The molecule has 0 saturated heterocycles. The van der Waals surface area contributed by atoms with Crippen molar-refractivity contribution < 1.29 is 14.8 Å². The van der Waals surface area contributed by atoms with Crippen molar-refractivity contribution >= 4 is 11.5 Å². The molecule has 0 fully saturated rings. The van der Waals surface area contributed by atoms with Crippen LogP contribution in [0.2, 0.25) is 0 Å². The Labute approximate surface area is 135 Å². The third-order valence-corrected chi connectivity index (χ3v) is 3.88. The van der Waals surface area contributed by atoms with Crippen molar-refractivity contribution in [2.75, 3.05) is 26.1 Å². The molecule has 0 radical (unpaired) electrons. The van der Waals surface area contributed by atoms with Gasteiger partial charge in [-0.05, 0) is 48.8 Å². The second-order valence-electron chi connectivity index (χ2n) is 5.42. The quantitative estimate of drug-likeness (QED) is 0.849. The number of hydrogen-bond donors (Lipinski definition) is 1. The van der Waals surface area contributed by atoms with Gasteiger partial charge in [-0.2, -0.15) is 9.97 Å². The van der Waals surface area contributed by atoms with Gasteiger partial charge in [-0.1, -0.05) is 0 Å². The van der Waals surface area contributed by atoms with Crippen molar-refractivity contribution in [1.29, 1.82) is 0 Å². The van der Waals surface area contributed by atoms with Gasteiger partial charge in [0.15, 0.2) is 0 Å². The Bertz CT molecular complexity index is 688. The second kappa shape index (κ2) is 6.39. The molecule has 7 nitrogen and oxygen atoms in total. The fourth-order valence-corrected chi connectivity index (χ4v) is 2.76. The number of fused-ring (bicyclic) bond motifs is 1. The van der Waals surface area contributed by atoms with E-state index in [-0.39, 0.29) is 6.01 Å². The lowest BCUT2D eigenvalue weighted by atomic mass is 10.2. The summed E-state index contributed by atoms with van der Waals surface area (Å²) in [6.45, 7) is 0. The summed E-state index contributed by atoms with van der Waals surface area (Å²) in [4.78, 5) is 16.0. The number of methoxy groups -OCH3 is 1. The summed E-state index contributed by atoms with van der Waals surface area (Å²) >= 11 is 0. The molecule has 3 rings (SSSR count). The Kier molecular flexibility index (Phi) is 4.31. The fraction of sp³-hybridized carbons (Fsp3) is 0.375. The van der Waals surface area contributed by atoms with E-state index < -0.39 is 0 Å². The van der Waals surface area contributed by atoms with Crippen molar-refractivity contribution in [3.63, 3.8) is 0 Å². The Balaban J connectivity index is 1.98. The molecule has 23 heavy (non-hydrogen) atoms. The largest absolute Gasteiger partial charge is 0.497 e. The molecule has 1 aromatic heterocycles. The van der Waals surface area contributed by atoms with Crippen LogP contribution in [0.4, 0.5) is 11.5 Å². The zero-order valence-electron chi connectivity index (χ0n) is 13.5. The minimum Gasteiger partial charge on any atom is -0.497 e. The molecule has 1 aromatic carbocycles. The Morgan fingerprint density at radius 1 is 1.09 bits per heavy atom. The van der Waals surface area contributed by atoms with Gasteiger partial charge >= 0.3 is 6.01 Å². The minimum atomic E-state index is 0.144. The summed E-state index contributed by atoms with van der Waals surface area (Å²) < 4.78 is 5.19. The molecule has 1 heterocycles. The predicted molar refractivity (Wildman–Crippen MR) is 85.3 cm³/mol. The third kappa shape index (κ3) is 3.20. The number of nitrogens with zero attached hydrogens (tertiary/aromatic N) is 4. The molecular weight excluding hydrogens is 296 g/mol. The highest BCUT2D eigenvalue weighted by Crippen LogP contribution is 2.34. The maximum atomic E-state index is 9.26. The van der Waals surface area contributed by atoms with Gasteiger partial charge < -0.3 is 14.5 Å². The SMILES string of the molecule is COc1ccc(N(C)c2nc(ON(C)O)nc3c2CCC3)cc1. The van der Waals surface area contributed by atoms with Crippen LogP contribution in [0.25, 0.3) is 0 Å². The molecule has 122 valence electrons. The van der Waals surface area contributed by atoms with Gasteiger partial charge in [-0.25, -0.2) is 0 Å². The number of hydroxylamine groups is 2. The molecule has 0 aliphatic heterocycles. The first-order chi connectivity index (χ1) is 11.1. The average Bonchev–Trinajstić information content (AvgIpc) is 3.01. The average molecular weight is 316 g/mol. The van der Waals surface area contributed by atoms with E-state index >= 15 is 0 Å². The number of aryl methyl sites for hydroxylation is 1. The van der Waals surface area contributed by atoms with Crippen molar-refractivity contribution in [2.45, 2.75) is 19.3 Å². The first-order valence-electron chi connectivity index (χ1n) is 7.46. The topological polar surface area (TPSA) is 71.0 Å². The van der Waals surface area contributed by atoms with Gasteiger partial charge in [-0.15, -0.1) is 0 Å². The van der Waals surface area contributed by atoms with Crippen LogP contribution in [-0.2, 0) is 12.8 Å².